The molecule has 0 heterocycles. The van der Waals surface area contributed by atoms with Crippen LogP contribution in [0.2, 0.25) is 0 Å². The van der Waals surface area contributed by atoms with E-state index in [-0.39, 0.29) is 18.4 Å². The summed E-state index contributed by atoms with van der Waals surface area (Å²) in [4.78, 5) is 22.7. The summed E-state index contributed by atoms with van der Waals surface area (Å²) in [6, 6.07) is 6.74. The second kappa shape index (κ2) is 6.93. The first-order valence-corrected chi connectivity index (χ1v) is 6.03. The van der Waals surface area contributed by atoms with Gasteiger partial charge in [0.05, 0.1) is 17.9 Å². The number of benzene rings is 1. The molecule has 5 nitrogen and oxygen atoms in total. The quantitative estimate of drug-likeness (QED) is 0.541. The molecule has 1 aromatic rings. The normalized spacial score (nSPS) is 9.76. The number of carbonyl (C=O) groups is 2. The lowest BCUT2D eigenvalue weighted by Gasteiger charge is -2.09. The van der Waals surface area contributed by atoms with Crippen molar-refractivity contribution in [2.24, 2.45) is 0 Å². The molecule has 0 bridgehead atoms. The number of carbonyl (C=O) groups excluding carboxylic acids is 2. The smallest absolute Gasteiger partial charge is 0.263 e. The van der Waals surface area contributed by atoms with Gasteiger partial charge in [-0.3, -0.25) is 14.3 Å². The lowest BCUT2D eigenvalue weighted by atomic mass is 10.1. The largest absolute Gasteiger partial charge is 0.395 e. The number of aliphatic hydroxyl groups excluding tert-OH is 1. The van der Waals surface area contributed by atoms with Crippen LogP contribution in [0.5, 0.6) is 0 Å². The molecule has 0 fully saturated rings. The molecule has 0 spiro atoms. The first kappa shape index (κ1) is 13.5. The summed E-state index contributed by atoms with van der Waals surface area (Å²) in [5, 5.41) is 11.2. The van der Waals surface area contributed by atoms with E-state index in [9.17, 15) is 9.59 Å². The molecule has 6 heteroatoms. The number of para-hydroxylation sites is 1. The molecular formula is C11H14N2O3S. The van der Waals surface area contributed by atoms with Crippen LogP contribution in [0.1, 0.15) is 17.3 Å². The number of anilines is 1. The van der Waals surface area contributed by atoms with Crippen LogP contribution in [0.4, 0.5) is 5.69 Å². The molecule has 0 saturated carbocycles. The summed E-state index contributed by atoms with van der Waals surface area (Å²) < 4.78 is 2.58. The molecule has 0 aliphatic heterocycles. The molecule has 92 valence electrons. The van der Waals surface area contributed by atoms with Gasteiger partial charge >= 0.3 is 0 Å². The number of hydrogen-bond donors (Lipinski definition) is 3. The molecule has 0 aliphatic rings. The monoisotopic (exact) mass is 254 g/mol. The van der Waals surface area contributed by atoms with Crippen molar-refractivity contribution in [2.45, 2.75) is 6.92 Å². The van der Waals surface area contributed by atoms with Crippen molar-refractivity contribution in [2.75, 3.05) is 17.7 Å². The standard InChI is InChI=1S/C11H14N2O3S/c1-8(15)12-10-5-3-2-4-9(10)11(16)13-17-7-6-14/h2-5,14H,6-7H2,1H3,(H,12,15)(H,13,16). The number of aliphatic hydroxyl groups is 1. The molecule has 0 aliphatic carbocycles. The fourth-order valence-electron chi connectivity index (χ4n) is 1.20. The topological polar surface area (TPSA) is 78.4 Å². The van der Waals surface area contributed by atoms with Gasteiger partial charge in [-0.1, -0.05) is 12.1 Å². The Hall–Kier alpha value is -1.53. The SMILES string of the molecule is CC(=O)Nc1ccccc1C(=O)NSCCO. The van der Waals surface area contributed by atoms with E-state index >= 15 is 0 Å². The summed E-state index contributed by atoms with van der Waals surface area (Å²) in [5.74, 6) is -0.102. The first-order valence-electron chi connectivity index (χ1n) is 5.04. The summed E-state index contributed by atoms with van der Waals surface area (Å²) in [6.07, 6.45) is 0. The molecule has 0 aromatic heterocycles. The maximum atomic E-state index is 11.8. The van der Waals surface area contributed by atoms with Gasteiger partial charge < -0.3 is 10.4 Å². The van der Waals surface area contributed by atoms with Gasteiger partial charge in [-0.15, -0.1) is 0 Å². The molecule has 0 saturated heterocycles. The van der Waals surface area contributed by atoms with Gasteiger partial charge in [0, 0.05) is 12.7 Å². The molecule has 1 rings (SSSR count). The molecule has 0 atom stereocenters. The Kier molecular flexibility index (Phi) is 5.51. The highest BCUT2D eigenvalue weighted by Crippen LogP contribution is 2.15. The minimum atomic E-state index is -0.298. The van der Waals surface area contributed by atoms with Crippen molar-refractivity contribution in [1.82, 2.24) is 4.72 Å². The van der Waals surface area contributed by atoms with Gasteiger partial charge in [0.2, 0.25) is 5.91 Å². The Morgan fingerprint density at radius 1 is 1.35 bits per heavy atom. The maximum Gasteiger partial charge on any atom is 0.263 e. The van der Waals surface area contributed by atoms with Crippen molar-refractivity contribution in [3.63, 3.8) is 0 Å². The van der Waals surface area contributed by atoms with Crippen molar-refractivity contribution in [3.8, 4) is 0 Å². The average molecular weight is 254 g/mol. The predicted octanol–water partition coefficient (Wildman–Crippen LogP) is 1.02. The van der Waals surface area contributed by atoms with E-state index in [4.69, 9.17) is 5.11 Å². The minimum absolute atomic E-state index is 0.00170. The highest BCUT2D eigenvalue weighted by Gasteiger charge is 2.11. The summed E-state index contributed by atoms with van der Waals surface area (Å²) in [7, 11) is 0. The van der Waals surface area contributed by atoms with Gasteiger partial charge in [-0.05, 0) is 24.1 Å². The van der Waals surface area contributed by atoms with E-state index in [0.29, 0.717) is 17.0 Å². The fraction of sp³-hybridized carbons (Fsp3) is 0.273. The molecule has 2 amide bonds. The van der Waals surface area contributed by atoms with Crippen molar-refractivity contribution in [3.05, 3.63) is 29.8 Å². The maximum absolute atomic E-state index is 11.8. The molecular weight excluding hydrogens is 240 g/mol. The third-order valence-corrected chi connectivity index (χ3v) is 2.56. The van der Waals surface area contributed by atoms with Gasteiger partial charge in [0.25, 0.3) is 5.91 Å². The third-order valence-electron chi connectivity index (χ3n) is 1.84. The number of nitrogens with one attached hydrogen (secondary N) is 2. The Morgan fingerprint density at radius 2 is 2.06 bits per heavy atom. The Balaban J connectivity index is 2.74. The van der Waals surface area contributed by atoms with Crippen LogP contribution in [0.3, 0.4) is 0 Å². The lowest BCUT2D eigenvalue weighted by molar-refractivity contribution is -0.114. The lowest BCUT2D eigenvalue weighted by Crippen LogP contribution is -2.19. The van der Waals surface area contributed by atoms with Crippen LogP contribution in [-0.4, -0.2) is 29.3 Å². The van der Waals surface area contributed by atoms with Gasteiger partial charge in [-0.2, -0.15) is 0 Å². The Bertz CT molecular complexity index is 409. The molecule has 1 aromatic carbocycles. The molecule has 0 radical (unpaired) electrons. The van der Waals surface area contributed by atoms with Gasteiger partial charge in [0.15, 0.2) is 0 Å². The third kappa shape index (κ3) is 4.46. The average Bonchev–Trinajstić information content (AvgIpc) is 2.29. The summed E-state index contributed by atoms with van der Waals surface area (Å²) in [6.45, 7) is 1.38. The summed E-state index contributed by atoms with van der Waals surface area (Å²) >= 11 is 1.12. The fourth-order valence-corrected chi connectivity index (χ4v) is 1.63. The number of hydrogen-bond acceptors (Lipinski definition) is 4. The first-order chi connectivity index (χ1) is 8.15. The highest BCUT2D eigenvalue weighted by atomic mass is 32.2. The zero-order valence-corrected chi connectivity index (χ0v) is 10.2. The zero-order valence-electron chi connectivity index (χ0n) is 9.40. The summed E-state index contributed by atoms with van der Waals surface area (Å²) in [5.41, 5.74) is 0.871. The van der Waals surface area contributed by atoms with E-state index in [1.807, 2.05) is 0 Å². The van der Waals surface area contributed by atoms with Crippen LogP contribution < -0.4 is 10.0 Å². The molecule has 17 heavy (non-hydrogen) atoms. The van der Waals surface area contributed by atoms with Gasteiger partial charge in [-0.25, -0.2) is 0 Å². The zero-order chi connectivity index (χ0) is 12.7. The van der Waals surface area contributed by atoms with Crippen LogP contribution in [-0.2, 0) is 4.79 Å². The van der Waals surface area contributed by atoms with E-state index in [1.54, 1.807) is 24.3 Å². The van der Waals surface area contributed by atoms with E-state index in [1.165, 1.54) is 6.92 Å². The second-order valence-corrected chi connectivity index (χ2v) is 4.13. The van der Waals surface area contributed by atoms with Crippen LogP contribution in [0, 0.1) is 0 Å². The predicted molar refractivity (Wildman–Crippen MR) is 67.8 cm³/mol. The Morgan fingerprint density at radius 3 is 2.71 bits per heavy atom. The van der Waals surface area contributed by atoms with Crippen LogP contribution in [0.25, 0.3) is 0 Å². The van der Waals surface area contributed by atoms with Crippen LogP contribution in [0.15, 0.2) is 24.3 Å². The number of rotatable bonds is 5. The van der Waals surface area contributed by atoms with Crippen molar-refractivity contribution in [1.29, 1.82) is 0 Å². The minimum Gasteiger partial charge on any atom is -0.395 e. The van der Waals surface area contributed by atoms with E-state index in [2.05, 4.69) is 10.0 Å². The van der Waals surface area contributed by atoms with Gasteiger partial charge in [0.1, 0.15) is 0 Å². The van der Waals surface area contributed by atoms with E-state index < -0.39 is 0 Å². The second-order valence-electron chi connectivity index (χ2n) is 3.23. The van der Waals surface area contributed by atoms with Crippen molar-refractivity contribution < 1.29 is 14.7 Å². The Labute approximate surface area is 104 Å². The highest BCUT2D eigenvalue weighted by molar-refractivity contribution is 7.97. The molecule has 3 N–H and O–H groups in total. The number of amides is 2. The van der Waals surface area contributed by atoms with Crippen molar-refractivity contribution >= 4 is 29.4 Å². The molecule has 0 unspecified atom stereocenters. The van der Waals surface area contributed by atoms with E-state index in [0.717, 1.165) is 11.9 Å². The van der Waals surface area contributed by atoms with Crippen LogP contribution >= 0.6 is 11.9 Å².